The number of halogens is 1. The normalized spacial score (nSPS) is 12.7. The zero-order chi connectivity index (χ0) is 34.5. The first kappa shape index (κ1) is 36.5. The van der Waals surface area contributed by atoms with Crippen molar-refractivity contribution in [3.63, 3.8) is 0 Å². The van der Waals surface area contributed by atoms with Crippen molar-refractivity contribution in [2.75, 3.05) is 11.9 Å². The van der Waals surface area contributed by atoms with Gasteiger partial charge in [0.15, 0.2) is 11.3 Å². The summed E-state index contributed by atoms with van der Waals surface area (Å²) in [6.45, 7) is 13.7. The number of anilines is 1. The summed E-state index contributed by atoms with van der Waals surface area (Å²) in [6.07, 6.45) is 12.9. The first-order chi connectivity index (χ1) is 23.9. The molecule has 260 valence electrons. The Morgan fingerprint density at radius 2 is 1.46 bits per heavy atom. The Balaban J connectivity index is 0.000000169. The fraction of sp³-hybridized carbons (Fsp3) is 0.390. The molecule has 0 aliphatic heterocycles. The van der Waals surface area contributed by atoms with Crippen LogP contribution in [0, 0.1) is 32.1 Å². The smallest absolute Gasteiger partial charge is 0.165 e. The lowest BCUT2D eigenvalue weighted by Crippen LogP contribution is -2.09. The third-order valence-corrected chi connectivity index (χ3v) is 9.54. The molecule has 4 aromatic heterocycles. The molecular formula is C41H49ClN8. The van der Waals surface area contributed by atoms with Gasteiger partial charge in [-0.1, -0.05) is 69.5 Å². The third-order valence-electron chi connectivity index (χ3n) is 9.54. The summed E-state index contributed by atoms with van der Waals surface area (Å²) in [5.41, 5.74) is 15.5. The minimum Gasteiger partial charge on any atom is -0.370 e. The SMILES string of the molecule is CCCCC.CCNc1c2c(nc3c(-c4ccccc4C)c(C)nn13)CCC2.Cc1nn2cc3c(nc2c1-c1ccc(C#N)cc1)CCC3.Cl. The zero-order valence-corrected chi connectivity index (χ0v) is 31.1. The standard InChI is InChI=1S/C19H22N4.C17H14N4.C5H12.ClH/c1-4-20-18-15-10-7-11-16(15)21-19-17(13(3)22-23(18)19)14-9-6-5-8-12(14)2;1-11-16(13-7-5-12(9-18)6-8-13)17-19-15-4-2-3-14(15)10-21(17)20-11;1-3-5-4-2;/h5-6,8-9,20H,4,7,10-11H2,1-3H3;5-8,10H,2-4H2,1H3;3-5H2,1-2H3;1H. The van der Waals surface area contributed by atoms with E-state index in [1.165, 1.54) is 65.7 Å². The number of hydrogen-bond acceptors (Lipinski definition) is 6. The lowest BCUT2D eigenvalue weighted by atomic mass is 10.0. The molecule has 0 radical (unpaired) electrons. The molecule has 2 aromatic carbocycles. The first-order valence-electron chi connectivity index (χ1n) is 18.0. The molecule has 2 aliphatic rings. The highest BCUT2D eigenvalue weighted by Crippen LogP contribution is 2.35. The van der Waals surface area contributed by atoms with E-state index in [0.29, 0.717) is 5.56 Å². The number of nitrogens with one attached hydrogen (secondary N) is 1. The van der Waals surface area contributed by atoms with Crippen molar-refractivity contribution < 1.29 is 0 Å². The molecular weight excluding hydrogens is 640 g/mol. The molecule has 4 heterocycles. The van der Waals surface area contributed by atoms with E-state index in [-0.39, 0.29) is 12.4 Å². The maximum absolute atomic E-state index is 8.91. The molecule has 2 aliphatic carbocycles. The third kappa shape index (κ3) is 7.25. The molecule has 9 heteroatoms. The Morgan fingerprint density at radius 3 is 2.14 bits per heavy atom. The lowest BCUT2D eigenvalue weighted by Gasteiger charge is -2.12. The van der Waals surface area contributed by atoms with E-state index in [9.17, 15) is 0 Å². The summed E-state index contributed by atoms with van der Waals surface area (Å²) in [4.78, 5) is 9.83. The second-order valence-corrected chi connectivity index (χ2v) is 13.1. The Hall–Kier alpha value is -4.74. The molecule has 0 atom stereocenters. The molecule has 0 spiro atoms. The molecule has 8 nitrogen and oxygen atoms in total. The van der Waals surface area contributed by atoms with Crippen LogP contribution in [-0.2, 0) is 25.7 Å². The minimum atomic E-state index is 0. The number of fused-ring (bicyclic) bond motifs is 4. The van der Waals surface area contributed by atoms with Crippen LogP contribution < -0.4 is 5.32 Å². The molecule has 0 saturated heterocycles. The molecule has 1 N–H and O–H groups in total. The molecule has 6 aromatic rings. The first-order valence-corrected chi connectivity index (χ1v) is 18.0. The van der Waals surface area contributed by atoms with Gasteiger partial charge in [-0.25, -0.2) is 14.5 Å². The number of benzene rings is 2. The number of hydrogen-bond donors (Lipinski definition) is 1. The predicted octanol–water partition coefficient (Wildman–Crippen LogP) is 9.62. The summed E-state index contributed by atoms with van der Waals surface area (Å²) in [6, 6.07) is 18.2. The van der Waals surface area contributed by atoms with Gasteiger partial charge in [0.25, 0.3) is 0 Å². The highest BCUT2D eigenvalue weighted by molar-refractivity contribution is 5.85. The molecule has 0 fully saturated rings. The number of aryl methyl sites for hydroxylation is 6. The summed E-state index contributed by atoms with van der Waals surface area (Å²) < 4.78 is 3.91. The van der Waals surface area contributed by atoms with Crippen molar-refractivity contribution in [1.82, 2.24) is 29.2 Å². The van der Waals surface area contributed by atoms with Gasteiger partial charge in [0.1, 0.15) is 5.82 Å². The quantitative estimate of drug-likeness (QED) is 0.187. The number of aromatic nitrogens is 6. The number of nitriles is 1. The van der Waals surface area contributed by atoms with Crippen molar-refractivity contribution >= 4 is 29.5 Å². The lowest BCUT2D eigenvalue weighted by molar-refractivity contribution is 0.772. The van der Waals surface area contributed by atoms with Gasteiger partial charge in [-0.15, -0.1) is 12.4 Å². The van der Waals surface area contributed by atoms with Gasteiger partial charge >= 0.3 is 0 Å². The van der Waals surface area contributed by atoms with Crippen molar-refractivity contribution in [2.45, 2.75) is 99.3 Å². The average molecular weight is 689 g/mol. The van der Waals surface area contributed by atoms with Crippen LogP contribution in [0.3, 0.4) is 0 Å². The highest BCUT2D eigenvalue weighted by Gasteiger charge is 2.24. The Labute approximate surface area is 302 Å². The highest BCUT2D eigenvalue weighted by atomic mass is 35.5. The monoisotopic (exact) mass is 688 g/mol. The summed E-state index contributed by atoms with van der Waals surface area (Å²) in [7, 11) is 0. The Bertz CT molecular complexity index is 2130. The van der Waals surface area contributed by atoms with Crippen LogP contribution in [-0.4, -0.2) is 35.7 Å². The van der Waals surface area contributed by atoms with Crippen molar-refractivity contribution in [3.05, 3.63) is 99.8 Å². The minimum absolute atomic E-state index is 0. The summed E-state index contributed by atoms with van der Waals surface area (Å²) in [5.74, 6) is 1.13. The fourth-order valence-electron chi connectivity index (χ4n) is 7.08. The molecule has 0 saturated carbocycles. The van der Waals surface area contributed by atoms with Gasteiger partial charge in [-0.05, 0) is 101 Å². The molecule has 0 unspecified atom stereocenters. The van der Waals surface area contributed by atoms with E-state index in [0.717, 1.165) is 77.4 Å². The van der Waals surface area contributed by atoms with Crippen LogP contribution in [0.5, 0.6) is 0 Å². The maximum Gasteiger partial charge on any atom is 0.165 e. The van der Waals surface area contributed by atoms with Gasteiger partial charge in [0.2, 0.25) is 0 Å². The van der Waals surface area contributed by atoms with E-state index in [1.54, 1.807) is 0 Å². The number of unbranched alkanes of at least 4 members (excludes halogenated alkanes) is 2. The van der Waals surface area contributed by atoms with Crippen LogP contribution in [0.1, 0.15) is 97.9 Å². The van der Waals surface area contributed by atoms with Crippen molar-refractivity contribution in [3.8, 4) is 28.3 Å². The van der Waals surface area contributed by atoms with E-state index in [4.69, 9.17) is 20.3 Å². The number of rotatable bonds is 6. The van der Waals surface area contributed by atoms with E-state index < -0.39 is 0 Å². The van der Waals surface area contributed by atoms with E-state index in [2.05, 4.69) is 81.6 Å². The maximum atomic E-state index is 8.91. The molecule has 0 amide bonds. The molecule has 8 rings (SSSR count). The van der Waals surface area contributed by atoms with Gasteiger partial charge < -0.3 is 5.32 Å². The van der Waals surface area contributed by atoms with Gasteiger partial charge in [0.05, 0.1) is 23.0 Å². The summed E-state index contributed by atoms with van der Waals surface area (Å²) in [5, 5.41) is 21.8. The Morgan fingerprint density at radius 1 is 0.780 bits per heavy atom. The second-order valence-electron chi connectivity index (χ2n) is 13.1. The average Bonchev–Trinajstić information content (AvgIpc) is 3.90. The van der Waals surface area contributed by atoms with Crippen molar-refractivity contribution in [2.24, 2.45) is 0 Å². The van der Waals surface area contributed by atoms with Crippen LogP contribution in [0.2, 0.25) is 0 Å². The van der Waals surface area contributed by atoms with Gasteiger partial charge in [-0.3, -0.25) is 0 Å². The second kappa shape index (κ2) is 16.3. The fourth-order valence-corrected chi connectivity index (χ4v) is 7.08. The largest absolute Gasteiger partial charge is 0.370 e. The van der Waals surface area contributed by atoms with Gasteiger partial charge in [-0.2, -0.15) is 20.0 Å². The van der Waals surface area contributed by atoms with Crippen LogP contribution in [0.4, 0.5) is 5.82 Å². The molecule has 50 heavy (non-hydrogen) atoms. The zero-order valence-electron chi connectivity index (χ0n) is 30.3. The summed E-state index contributed by atoms with van der Waals surface area (Å²) >= 11 is 0. The van der Waals surface area contributed by atoms with E-state index >= 15 is 0 Å². The van der Waals surface area contributed by atoms with Crippen LogP contribution >= 0.6 is 12.4 Å². The topological polar surface area (TPSA) is 96.2 Å². The van der Waals surface area contributed by atoms with Crippen LogP contribution in [0.15, 0.2) is 54.7 Å². The van der Waals surface area contributed by atoms with Crippen LogP contribution in [0.25, 0.3) is 33.5 Å². The van der Waals surface area contributed by atoms with Crippen molar-refractivity contribution in [1.29, 1.82) is 5.26 Å². The predicted molar refractivity (Wildman–Crippen MR) is 206 cm³/mol. The van der Waals surface area contributed by atoms with E-state index in [1.807, 2.05) is 40.2 Å². The molecule has 0 bridgehead atoms. The Kier molecular flexibility index (Phi) is 11.9. The number of nitrogens with zero attached hydrogens (tertiary/aromatic N) is 7. The van der Waals surface area contributed by atoms with Gasteiger partial charge in [0, 0.05) is 40.8 Å².